The van der Waals surface area contributed by atoms with Crippen molar-refractivity contribution in [3.63, 3.8) is 0 Å². The second-order valence-corrected chi connectivity index (χ2v) is 5.71. The van der Waals surface area contributed by atoms with E-state index in [1.165, 1.54) is 10.9 Å². The first-order valence-electron chi connectivity index (χ1n) is 7.92. The summed E-state index contributed by atoms with van der Waals surface area (Å²) in [7, 11) is 0. The molecule has 0 saturated carbocycles. The fourth-order valence-electron chi connectivity index (χ4n) is 2.75. The summed E-state index contributed by atoms with van der Waals surface area (Å²) in [5.41, 5.74) is 3.33. The van der Waals surface area contributed by atoms with Crippen LogP contribution in [0, 0.1) is 6.92 Å². The summed E-state index contributed by atoms with van der Waals surface area (Å²) >= 11 is 0. The molecule has 0 fully saturated rings. The van der Waals surface area contributed by atoms with E-state index in [1.54, 1.807) is 18.2 Å². The van der Waals surface area contributed by atoms with Gasteiger partial charge in [-0.2, -0.15) is 0 Å². The Labute approximate surface area is 140 Å². The molecule has 0 aliphatic rings. The highest BCUT2D eigenvalue weighted by atomic mass is 16.2. The zero-order valence-corrected chi connectivity index (χ0v) is 13.7. The number of hydrogen-bond donors (Lipinski definition) is 1. The van der Waals surface area contributed by atoms with Crippen LogP contribution in [0.3, 0.4) is 0 Å². The van der Waals surface area contributed by atoms with Gasteiger partial charge in [-0.3, -0.25) is 14.2 Å². The van der Waals surface area contributed by atoms with Gasteiger partial charge in [0.2, 0.25) is 5.91 Å². The highest BCUT2D eigenvalue weighted by Crippen LogP contribution is 2.21. The quantitative estimate of drug-likeness (QED) is 0.803. The minimum atomic E-state index is -0.238. The van der Waals surface area contributed by atoms with Crippen LogP contribution in [0.4, 0.5) is 5.69 Å². The van der Waals surface area contributed by atoms with Gasteiger partial charge in [0.25, 0.3) is 5.56 Å². The monoisotopic (exact) mass is 321 g/mol. The molecule has 0 saturated heterocycles. The first kappa shape index (κ1) is 15.9. The molecule has 5 nitrogen and oxygen atoms in total. The number of nitrogens with one attached hydrogen (secondary N) is 1. The molecule has 0 unspecified atom stereocenters. The summed E-state index contributed by atoms with van der Waals surface area (Å²) in [4.78, 5) is 29.1. The van der Waals surface area contributed by atoms with Crippen LogP contribution in [0.15, 0.2) is 53.6 Å². The molecule has 0 atom stereocenters. The number of anilines is 1. The van der Waals surface area contributed by atoms with Gasteiger partial charge < -0.3 is 5.32 Å². The second kappa shape index (κ2) is 6.66. The van der Waals surface area contributed by atoms with E-state index in [0.717, 1.165) is 23.2 Å². The van der Waals surface area contributed by atoms with E-state index in [9.17, 15) is 9.59 Å². The maximum Gasteiger partial charge on any atom is 0.261 e. The number of carbonyl (C=O) groups is 1. The van der Waals surface area contributed by atoms with Crippen molar-refractivity contribution in [2.45, 2.75) is 26.8 Å². The minimum absolute atomic E-state index is 0.0614. The normalized spacial score (nSPS) is 10.8. The molecule has 24 heavy (non-hydrogen) atoms. The Morgan fingerprint density at radius 1 is 1.17 bits per heavy atom. The molecule has 3 aromatic rings. The fraction of sp³-hybridized carbons (Fsp3) is 0.211. The standard InChI is InChI=1S/C19H19N3O2/c1-3-14-8-6-7-13(2)18(14)21-17(23)11-22-12-20-16-10-5-4-9-15(16)19(22)24/h4-10,12H,3,11H2,1-2H3,(H,21,23). The van der Waals surface area contributed by atoms with Crippen molar-refractivity contribution < 1.29 is 4.79 Å². The van der Waals surface area contributed by atoms with Gasteiger partial charge in [-0.15, -0.1) is 0 Å². The highest BCUT2D eigenvalue weighted by molar-refractivity contribution is 5.92. The van der Waals surface area contributed by atoms with Crippen molar-refractivity contribution >= 4 is 22.5 Å². The first-order valence-corrected chi connectivity index (χ1v) is 7.92. The third kappa shape index (κ3) is 3.06. The number of rotatable bonds is 4. The molecule has 1 heterocycles. The summed E-state index contributed by atoms with van der Waals surface area (Å²) in [6, 6.07) is 13.0. The third-order valence-corrected chi connectivity index (χ3v) is 4.05. The average Bonchev–Trinajstić information content (AvgIpc) is 2.59. The fourth-order valence-corrected chi connectivity index (χ4v) is 2.75. The van der Waals surface area contributed by atoms with E-state index in [1.807, 2.05) is 38.1 Å². The van der Waals surface area contributed by atoms with Gasteiger partial charge in [-0.25, -0.2) is 4.98 Å². The van der Waals surface area contributed by atoms with Crippen LogP contribution in [0.2, 0.25) is 0 Å². The van der Waals surface area contributed by atoms with Gasteiger partial charge in [0.15, 0.2) is 0 Å². The number of carbonyl (C=O) groups excluding carboxylic acids is 1. The van der Waals surface area contributed by atoms with Crippen LogP contribution in [-0.4, -0.2) is 15.5 Å². The van der Waals surface area contributed by atoms with Crippen molar-refractivity contribution in [1.29, 1.82) is 0 Å². The SMILES string of the molecule is CCc1cccc(C)c1NC(=O)Cn1cnc2ccccc2c1=O. The summed E-state index contributed by atoms with van der Waals surface area (Å²) in [5.74, 6) is -0.238. The van der Waals surface area contributed by atoms with E-state index in [-0.39, 0.29) is 18.0 Å². The molecular weight excluding hydrogens is 302 g/mol. The third-order valence-electron chi connectivity index (χ3n) is 4.05. The minimum Gasteiger partial charge on any atom is -0.324 e. The predicted molar refractivity (Wildman–Crippen MR) is 95.2 cm³/mol. The van der Waals surface area contributed by atoms with Gasteiger partial charge >= 0.3 is 0 Å². The number of aromatic nitrogens is 2. The van der Waals surface area contributed by atoms with E-state index in [4.69, 9.17) is 0 Å². The van der Waals surface area contributed by atoms with Crippen molar-refractivity contribution in [2.75, 3.05) is 5.32 Å². The Hall–Kier alpha value is -2.95. The molecule has 0 spiro atoms. The molecule has 0 bridgehead atoms. The van der Waals surface area contributed by atoms with E-state index in [0.29, 0.717) is 10.9 Å². The molecule has 0 radical (unpaired) electrons. The number of para-hydroxylation sites is 2. The lowest BCUT2D eigenvalue weighted by Crippen LogP contribution is -2.28. The lowest BCUT2D eigenvalue weighted by atomic mass is 10.1. The van der Waals surface area contributed by atoms with Gasteiger partial charge in [-0.05, 0) is 36.6 Å². The number of fused-ring (bicyclic) bond motifs is 1. The second-order valence-electron chi connectivity index (χ2n) is 5.71. The van der Waals surface area contributed by atoms with Crippen LogP contribution < -0.4 is 10.9 Å². The summed E-state index contributed by atoms with van der Waals surface area (Å²) in [6.07, 6.45) is 2.25. The topological polar surface area (TPSA) is 64.0 Å². The zero-order valence-electron chi connectivity index (χ0n) is 13.7. The number of nitrogens with zero attached hydrogens (tertiary/aromatic N) is 2. The van der Waals surface area contributed by atoms with Gasteiger partial charge in [0.05, 0.1) is 17.2 Å². The maximum absolute atomic E-state index is 12.4. The van der Waals surface area contributed by atoms with Gasteiger partial charge in [0, 0.05) is 5.69 Å². The van der Waals surface area contributed by atoms with Crippen molar-refractivity contribution in [3.05, 3.63) is 70.3 Å². The molecule has 0 aliphatic heterocycles. The Kier molecular flexibility index (Phi) is 4.42. The Morgan fingerprint density at radius 2 is 1.96 bits per heavy atom. The lowest BCUT2D eigenvalue weighted by molar-refractivity contribution is -0.116. The van der Waals surface area contributed by atoms with Crippen LogP contribution in [-0.2, 0) is 17.8 Å². The zero-order chi connectivity index (χ0) is 17.1. The first-order chi connectivity index (χ1) is 11.6. The summed E-state index contributed by atoms with van der Waals surface area (Å²) < 4.78 is 1.33. The Morgan fingerprint density at radius 3 is 2.75 bits per heavy atom. The highest BCUT2D eigenvalue weighted by Gasteiger charge is 2.11. The summed E-state index contributed by atoms with van der Waals surface area (Å²) in [6.45, 7) is 3.94. The van der Waals surface area contributed by atoms with E-state index >= 15 is 0 Å². The molecule has 2 aromatic carbocycles. The van der Waals surface area contributed by atoms with Crippen LogP contribution in [0.5, 0.6) is 0 Å². The van der Waals surface area contributed by atoms with Crippen molar-refractivity contribution in [1.82, 2.24) is 9.55 Å². The van der Waals surface area contributed by atoms with Gasteiger partial charge in [0.1, 0.15) is 6.54 Å². The number of amides is 1. The van der Waals surface area contributed by atoms with Crippen LogP contribution in [0.25, 0.3) is 10.9 Å². The maximum atomic E-state index is 12.4. The molecule has 1 amide bonds. The molecule has 1 N–H and O–H groups in total. The molecule has 1 aromatic heterocycles. The van der Waals surface area contributed by atoms with Gasteiger partial charge in [-0.1, -0.05) is 37.3 Å². The predicted octanol–water partition coefficient (Wildman–Crippen LogP) is 2.91. The van der Waals surface area contributed by atoms with Crippen LogP contribution >= 0.6 is 0 Å². The lowest BCUT2D eigenvalue weighted by Gasteiger charge is -2.13. The number of hydrogen-bond acceptors (Lipinski definition) is 3. The molecule has 0 aliphatic carbocycles. The molecule has 122 valence electrons. The van der Waals surface area contributed by atoms with E-state index < -0.39 is 0 Å². The molecule has 5 heteroatoms. The van der Waals surface area contributed by atoms with Crippen molar-refractivity contribution in [3.8, 4) is 0 Å². The number of aryl methyl sites for hydroxylation is 2. The largest absolute Gasteiger partial charge is 0.324 e. The van der Waals surface area contributed by atoms with Crippen LogP contribution in [0.1, 0.15) is 18.1 Å². The molecule has 3 rings (SSSR count). The Bertz CT molecular complexity index is 960. The Balaban J connectivity index is 1.86. The number of benzene rings is 2. The van der Waals surface area contributed by atoms with E-state index in [2.05, 4.69) is 10.3 Å². The molecular formula is C19H19N3O2. The average molecular weight is 321 g/mol. The van der Waals surface area contributed by atoms with Crippen molar-refractivity contribution in [2.24, 2.45) is 0 Å². The summed E-state index contributed by atoms with van der Waals surface area (Å²) in [5, 5.41) is 3.44. The smallest absolute Gasteiger partial charge is 0.261 e.